The largest absolute Gasteiger partial charge is 0.365 e. The van der Waals surface area contributed by atoms with Gasteiger partial charge in [-0.2, -0.15) is 0 Å². The van der Waals surface area contributed by atoms with Gasteiger partial charge in [-0.15, -0.1) is 10.2 Å². The Balaban J connectivity index is 1.86. The Bertz CT molecular complexity index is 437. The second kappa shape index (κ2) is 4.17. The molecule has 1 aliphatic heterocycles. The summed E-state index contributed by atoms with van der Waals surface area (Å²) in [4.78, 5) is 2.37. The average Bonchev–Trinajstić information content (AvgIpc) is 2.86. The highest BCUT2D eigenvalue weighted by molar-refractivity contribution is 7.15. The monoisotopic (exact) mass is 267 g/mol. The van der Waals surface area contributed by atoms with E-state index in [2.05, 4.69) is 28.9 Å². The summed E-state index contributed by atoms with van der Waals surface area (Å²) in [6.07, 6.45) is 4.95. The van der Waals surface area contributed by atoms with E-state index in [0.29, 0.717) is 0 Å². The van der Waals surface area contributed by atoms with E-state index in [1.54, 1.807) is 11.3 Å². The molecule has 0 radical (unpaired) electrons. The molecule has 100 valence electrons. The molecule has 1 saturated heterocycles. The van der Waals surface area contributed by atoms with Crippen LogP contribution in [0.15, 0.2) is 0 Å². The van der Waals surface area contributed by atoms with Gasteiger partial charge in [-0.1, -0.05) is 24.2 Å². The van der Waals surface area contributed by atoms with E-state index in [4.69, 9.17) is 4.74 Å². The maximum absolute atomic E-state index is 6.40. The Morgan fingerprint density at radius 3 is 2.50 bits per heavy atom. The molecule has 18 heavy (non-hydrogen) atoms. The summed E-state index contributed by atoms with van der Waals surface area (Å²) in [6.45, 7) is 8.27. The minimum Gasteiger partial charge on any atom is -0.365 e. The van der Waals surface area contributed by atoms with Crippen molar-refractivity contribution < 1.29 is 4.74 Å². The first kappa shape index (κ1) is 12.4. The highest BCUT2D eigenvalue weighted by Gasteiger charge is 2.46. The standard InChI is InChI=1S/C13H21N3OS/c1-10-14-15-11(18-10)16-8-12(2,3)17-13(9-16)6-4-5-7-13/h4-9H2,1-3H3. The number of hydrogen-bond donors (Lipinski definition) is 0. The minimum atomic E-state index is -0.0951. The third-order valence-electron chi connectivity index (χ3n) is 3.84. The lowest BCUT2D eigenvalue weighted by atomic mass is 9.94. The number of rotatable bonds is 1. The molecule has 5 heteroatoms. The molecule has 1 saturated carbocycles. The normalized spacial score (nSPS) is 25.8. The number of morpholine rings is 1. The third kappa shape index (κ3) is 2.26. The van der Waals surface area contributed by atoms with Crippen molar-refractivity contribution in [3.8, 4) is 0 Å². The molecule has 2 aliphatic rings. The van der Waals surface area contributed by atoms with E-state index >= 15 is 0 Å². The molecular formula is C13H21N3OS. The van der Waals surface area contributed by atoms with E-state index < -0.39 is 0 Å². The fourth-order valence-corrected chi connectivity index (χ4v) is 4.03. The van der Waals surface area contributed by atoms with Crippen molar-refractivity contribution in [3.63, 3.8) is 0 Å². The summed E-state index contributed by atoms with van der Waals surface area (Å²) in [6, 6.07) is 0. The summed E-state index contributed by atoms with van der Waals surface area (Å²) < 4.78 is 6.40. The summed E-state index contributed by atoms with van der Waals surface area (Å²) >= 11 is 1.69. The minimum absolute atomic E-state index is 0.0569. The van der Waals surface area contributed by atoms with Crippen molar-refractivity contribution >= 4 is 16.5 Å². The first-order valence-corrected chi connectivity index (χ1v) is 7.55. The zero-order valence-corrected chi connectivity index (χ0v) is 12.2. The second-order valence-corrected chi connectivity index (χ2v) is 7.37. The predicted molar refractivity (Wildman–Crippen MR) is 73.2 cm³/mol. The number of nitrogens with zero attached hydrogens (tertiary/aromatic N) is 3. The topological polar surface area (TPSA) is 38.2 Å². The van der Waals surface area contributed by atoms with Gasteiger partial charge >= 0.3 is 0 Å². The van der Waals surface area contributed by atoms with Crippen LogP contribution in [0.25, 0.3) is 0 Å². The zero-order valence-electron chi connectivity index (χ0n) is 11.4. The predicted octanol–water partition coefficient (Wildman–Crippen LogP) is 2.77. The van der Waals surface area contributed by atoms with Gasteiger partial charge in [0.2, 0.25) is 5.13 Å². The van der Waals surface area contributed by atoms with Crippen LogP contribution in [0.3, 0.4) is 0 Å². The number of hydrogen-bond acceptors (Lipinski definition) is 5. The summed E-state index contributed by atoms with van der Waals surface area (Å²) in [7, 11) is 0. The zero-order chi connectivity index (χ0) is 12.8. The Morgan fingerprint density at radius 1 is 1.17 bits per heavy atom. The van der Waals surface area contributed by atoms with Crippen LogP contribution in [-0.2, 0) is 4.74 Å². The van der Waals surface area contributed by atoms with Gasteiger partial charge in [0, 0.05) is 13.1 Å². The Kier molecular flexibility index (Phi) is 2.86. The quantitative estimate of drug-likeness (QED) is 0.784. The number of aryl methyl sites for hydroxylation is 1. The van der Waals surface area contributed by atoms with Gasteiger partial charge in [0.05, 0.1) is 11.2 Å². The fourth-order valence-electron chi connectivity index (χ4n) is 3.34. The van der Waals surface area contributed by atoms with Crippen LogP contribution in [0, 0.1) is 6.92 Å². The van der Waals surface area contributed by atoms with E-state index in [-0.39, 0.29) is 11.2 Å². The van der Waals surface area contributed by atoms with E-state index in [0.717, 1.165) is 23.2 Å². The molecule has 0 unspecified atom stereocenters. The fraction of sp³-hybridized carbons (Fsp3) is 0.846. The molecule has 1 aromatic heterocycles. The number of aromatic nitrogens is 2. The Morgan fingerprint density at radius 2 is 1.89 bits per heavy atom. The molecule has 4 nitrogen and oxygen atoms in total. The lowest BCUT2D eigenvalue weighted by Gasteiger charge is -2.48. The Hall–Kier alpha value is -0.680. The van der Waals surface area contributed by atoms with Crippen molar-refractivity contribution in [3.05, 3.63) is 5.01 Å². The van der Waals surface area contributed by atoms with Gasteiger partial charge in [-0.3, -0.25) is 0 Å². The molecule has 1 aliphatic carbocycles. The highest BCUT2D eigenvalue weighted by Crippen LogP contribution is 2.42. The van der Waals surface area contributed by atoms with Crippen LogP contribution in [-0.4, -0.2) is 34.5 Å². The van der Waals surface area contributed by atoms with Crippen LogP contribution < -0.4 is 4.90 Å². The molecule has 0 aromatic carbocycles. The molecule has 0 N–H and O–H groups in total. The summed E-state index contributed by atoms with van der Waals surface area (Å²) in [5.74, 6) is 0. The third-order valence-corrected chi connectivity index (χ3v) is 4.74. The van der Waals surface area contributed by atoms with Gasteiger partial charge < -0.3 is 9.64 Å². The lowest BCUT2D eigenvalue weighted by Crippen LogP contribution is -2.58. The Labute approximate surface area is 112 Å². The van der Waals surface area contributed by atoms with Gasteiger partial charge in [0.1, 0.15) is 5.01 Å². The average molecular weight is 267 g/mol. The molecule has 0 atom stereocenters. The van der Waals surface area contributed by atoms with E-state index in [1.807, 2.05) is 6.92 Å². The lowest BCUT2D eigenvalue weighted by molar-refractivity contribution is -0.148. The number of ether oxygens (including phenoxy) is 1. The van der Waals surface area contributed by atoms with Gasteiger partial charge in [-0.05, 0) is 33.6 Å². The molecule has 1 aromatic rings. The van der Waals surface area contributed by atoms with Crippen molar-refractivity contribution in [2.75, 3.05) is 18.0 Å². The molecule has 0 bridgehead atoms. The maximum atomic E-state index is 6.40. The van der Waals surface area contributed by atoms with Crippen molar-refractivity contribution in [1.82, 2.24) is 10.2 Å². The van der Waals surface area contributed by atoms with E-state index in [9.17, 15) is 0 Å². The number of anilines is 1. The summed E-state index contributed by atoms with van der Waals surface area (Å²) in [5.41, 5.74) is -0.0382. The smallest absolute Gasteiger partial charge is 0.208 e. The highest BCUT2D eigenvalue weighted by atomic mass is 32.1. The van der Waals surface area contributed by atoms with Crippen LogP contribution in [0.5, 0.6) is 0 Å². The van der Waals surface area contributed by atoms with Crippen LogP contribution in [0.4, 0.5) is 5.13 Å². The van der Waals surface area contributed by atoms with Crippen LogP contribution in [0.1, 0.15) is 44.5 Å². The van der Waals surface area contributed by atoms with Gasteiger partial charge in [-0.25, -0.2) is 0 Å². The van der Waals surface area contributed by atoms with E-state index in [1.165, 1.54) is 25.7 Å². The van der Waals surface area contributed by atoms with Crippen LogP contribution in [0.2, 0.25) is 0 Å². The molecule has 2 fully saturated rings. The first-order valence-electron chi connectivity index (χ1n) is 6.73. The van der Waals surface area contributed by atoms with Crippen molar-refractivity contribution in [1.29, 1.82) is 0 Å². The van der Waals surface area contributed by atoms with Crippen LogP contribution >= 0.6 is 11.3 Å². The summed E-state index contributed by atoms with van der Waals surface area (Å²) in [5, 5.41) is 10.5. The molecular weight excluding hydrogens is 246 g/mol. The molecule has 0 amide bonds. The second-order valence-electron chi connectivity index (χ2n) is 6.21. The molecule has 3 rings (SSSR count). The van der Waals surface area contributed by atoms with Crippen molar-refractivity contribution in [2.45, 2.75) is 57.7 Å². The van der Waals surface area contributed by atoms with Gasteiger partial charge in [0.15, 0.2) is 0 Å². The molecule has 1 spiro atoms. The SMILES string of the molecule is Cc1nnc(N2CC(C)(C)OC3(CCCC3)C2)s1. The van der Waals surface area contributed by atoms with Crippen molar-refractivity contribution in [2.24, 2.45) is 0 Å². The first-order chi connectivity index (χ1) is 8.48. The molecule has 2 heterocycles. The van der Waals surface area contributed by atoms with Gasteiger partial charge in [0.25, 0.3) is 0 Å². The maximum Gasteiger partial charge on any atom is 0.208 e.